The molecule has 1 aliphatic carbocycles. The smallest absolute Gasteiger partial charge is 0.336 e. The van der Waals surface area contributed by atoms with Gasteiger partial charge in [0.2, 0.25) is 5.91 Å². The Morgan fingerprint density at radius 2 is 2.03 bits per heavy atom. The van der Waals surface area contributed by atoms with Crippen LogP contribution in [0.4, 0.5) is 13.2 Å². The van der Waals surface area contributed by atoms with Gasteiger partial charge in [0, 0.05) is 0 Å². The molecule has 31 heavy (non-hydrogen) atoms. The second-order valence-corrected chi connectivity index (χ2v) is 7.47. The molecule has 1 fully saturated rings. The highest BCUT2D eigenvalue weighted by Crippen LogP contribution is 2.31. The van der Waals surface area contributed by atoms with Gasteiger partial charge < -0.3 is 5.32 Å². The van der Waals surface area contributed by atoms with Gasteiger partial charge in [-0.1, -0.05) is 6.07 Å². The summed E-state index contributed by atoms with van der Waals surface area (Å²) in [5.41, 5.74) is -2.14. The lowest BCUT2D eigenvalue weighted by Gasteiger charge is -2.22. The van der Waals surface area contributed by atoms with Gasteiger partial charge in [0.15, 0.2) is 5.65 Å². The minimum Gasteiger partial charge on any atom is -0.336 e. The number of carbonyl (C=O) groups excluding carboxylic acids is 1. The van der Waals surface area contributed by atoms with Crippen LogP contribution in [0.25, 0.3) is 16.7 Å². The molecule has 0 radical (unpaired) electrons. The zero-order chi connectivity index (χ0) is 22.2. The second kappa shape index (κ2) is 7.54. The van der Waals surface area contributed by atoms with Crippen LogP contribution < -0.4 is 10.9 Å². The van der Waals surface area contributed by atoms with E-state index in [1.165, 1.54) is 18.3 Å². The maximum Gasteiger partial charge on any atom is 0.416 e. The highest BCUT2D eigenvalue weighted by Gasteiger charge is 2.35. The van der Waals surface area contributed by atoms with Crippen LogP contribution in [-0.4, -0.2) is 30.8 Å². The normalized spacial score (nSPS) is 15.7. The molecule has 1 saturated carbocycles. The summed E-state index contributed by atoms with van der Waals surface area (Å²) in [6, 6.07) is 6.66. The molecule has 160 valence electrons. The highest BCUT2D eigenvalue weighted by atomic mass is 19.4. The summed E-state index contributed by atoms with van der Waals surface area (Å²) in [5, 5.41) is 16.1. The van der Waals surface area contributed by atoms with Gasteiger partial charge in [0.05, 0.1) is 23.5 Å². The molecule has 8 nitrogen and oxygen atoms in total. The van der Waals surface area contributed by atoms with E-state index in [2.05, 4.69) is 21.5 Å². The average Bonchev–Trinajstić information content (AvgIpc) is 3.37. The highest BCUT2D eigenvalue weighted by molar-refractivity contribution is 5.78. The Kier molecular flexibility index (Phi) is 5.00. The lowest BCUT2D eigenvalue weighted by Crippen LogP contribution is -2.47. The van der Waals surface area contributed by atoms with Crippen molar-refractivity contribution in [3.63, 3.8) is 0 Å². The maximum absolute atomic E-state index is 13.0. The predicted molar refractivity (Wildman–Crippen MR) is 103 cm³/mol. The lowest BCUT2D eigenvalue weighted by atomic mass is 10.00. The summed E-state index contributed by atoms with van der Waals surface area (Å²) in [7, 11) is 0. The van der Waals surface area contributed by atoms with Gasteiger partial charge in [-0.3, -0.25) is 14.2 Å². The fourth-order valence-corrected chi connectivity index (χ4v) is 3.77. The van der Waals surface area contributed by atoms with Gasteiger partial charge in [-0.05, 0) is 43.9 Å². The van der Waals surface area contributed by atoms with E-state index in [9.17, 15) is 28.0 Å². The minimum atomic E-state index is -4.52. The summed E-state index contributed by atoms with van der Waals surface area (Å²) >= 11 is 0. The molecule has 3 aromatic rings. The van der Waals surface area contributed by atoms with Crippen molar-refractivity contribution in [1.29, 1.82) is 5.26 Å². The first kappa shape index (κ1) is 20.6. The van der Waals surface area contributed by atoms with Crippen molar-refractivity contribution in [2.75, 3.05) is 0 Å². The van der Waals surface area contributed by atoms with Crippen LogP contribution >= 0.6 is 0 Å². The quantitative estimate of drug-likeness (QED) is 0.685. The molecule has 2 aromatic heterocycles. The Labute approximate surface area is 173 Å². The zero-order valence-electron chi connectivity index (χ0n) is 16.2. The van der Waals surface area contributed by atoms with E-state index in [-0.39, 0.29) is 23.3 Å². The van der Waals surface area contributed by atoms with Gasteiger partial charge >= 0.3 is 6.18 Å². The number of alkyl halides is 3. The molecule has 0 atom stereocenters. The molecule has 0 bridgehead atoms. The number of carbonyl (C=O) groups is 1. The molecule has 1 aromatic carbocycles. The summed E-state index contributed by atoms with van der Waals surface area (Å²) in [6.07, 6.45) is 0.631. The van der Waals surface area contributed by atoms with E-state index in [1.807, 2.05) is 0 Å². The Morgan fingerprint density at radius 1 is 1.29 bits per heavy atom. The van der Waals surface area contributed by atoms with Crippen LogP contribution in [0.5, 0.6) is 0 Å². The Hall–Kier alpha value is -3.68. The SMILES string of the molecule is N#CC1(NC(=O)Cn2cnc3c(cnn3-c3cccc(C(F)(F)F)c3)c2=O)CCCC1. The van der Waals surface area contributed by atoms with Crippen molar-refractivity contribution in [3.05, 3.63) is 52.7 Å². The molecular weight excluding hydrogens is 413 g/mol. The second-order valence-electron chi connectivity index (χ2n) is 7.47. The molecule has 1 amide bonds. The van der Waals surface area contributed by atoms with Crippen LogP contribution in [0.15, 0.2) is 41.6 Å². The number of amides is 1. The molecule has 0 spiro atoms. The number of hydrogen-bond donors (Lipinski definition) is 1. The van der Waals surface area contributed by atoms with Gasteiger partial charge in [0.1, 0.15) is 23.8 Å². The van der Waals surface area contributed by atoms with Gasteiger partial charge in [-0.15, -0.1) is 0 Å². The lowest BCUT2D eigenvalue weighted by molar-refractivity contribution is -0.137. The molecule has 0 saturated heterocycles. The Bertz CT molecular complexity index is 1250. The van der Waals surface area contributed by atoms with Gasteiger partial charge in [-0.25, -0.2) is 9.67 Å². The van der Waals surface area contributed by atoms with Gasteiger partial charge in [0.25, 0.3) is 5.56 Å². The summed E-state index contributed by atoms with van der Waals surface area (Å²) in [4.78, 5) is 29.3. The molecule has 2 heterocycles. The van der Waals surface area contributed by atoms with Crippen LogP contribution in [-0.2, 0) is 17.5 Å². The molecular formula is C20H17F3N6O2. The van der Waals surface area contributed by atoms with Crippen molar-refractivity contribution in [1.82, 2.24) is 24.6 Å². The largest absolute Gasteiger partial charge is 0.416 e. The topological polar surface area (TPSA) is 106 Å². The van der Waals surface area contributed by atoms with Crippen molar-refractivity contribution < 1.29 is 18.0 Å². The van der Waals surface area contributed by atoms with E-state index in [1.54, 1.807) is 0 Å². The predicted octanol–water partition coefficient (Wildman–Crippen LogP) is 2.55. The summed E-state index contributed by atoms with van der Waals surface area (Å²) in [6.45, 7) is -0.333. The standard InChI is InChI=1S/C20H17F3N6O2/c21-20(22,23)13-4-3-5-14(8-13)29-17-15(9-26-29)18(31)28(12-25-17)10-16(30)27-19(11-24)6-1-2-7-19/h3-5,8-9,12H,1-2,6-7,10H2,(H,27,30). The van der Waals surface area contributed by atoms with E-state index >= 15 is 0 Å². The van der Waals surface area contributed by atoms with E-state index < -0.39 is 28.7 Å². The van der Waals surface area contributed by atoms with E-state index in [4.69, 9.17) is 0 Å². The molecule has 0 aliphatic heterocycles. The third-order valence-electron chi connectivity index (χ3n) is 5.34. The number of halogens is 3. The number of nitrogens with one attached hydrogen (secondary N) is 1. The number of rotatable bonds is 4. The van der Waals surface area contributed by atoms with Crippen molar-refractivity contribution >= 4 is 16.9 Å². The van der Waals surface area contributed by atoms with Crippen molar-refractivity contribution in [2.45, 2.75) is 43.9 Å². The summed E-state index contributed by atoms with van der Waals surface area (Å²) < 4.78 is 41.2. The molecule has 1 aliphatic rings. The zero-order valence-corrected chi connectivity index (χ0v) is 16.2. The summed E-state index contributed by atoms with van der Waals surface area (Å²) in [5.74, 6) is -0.489. The number of hydrogen-bond acceptors (Lipinski definition) is 5. The minimum absolute atomic E-state index is 0.0589. The molecule has 0 unspecified atom stereocenters. The van der Waals surface area contributed by atoms with Gasteiger partial charge in [-0.2, -0.15) is 23.5 Å². The number of fused-ring (bicyclic) bond motifs is 1. The Balaban J connectivity index is 1.62. The number of nitrogens with zero attached hydrogens (tertiary/aromatic N) is 5. The van der Waals surface area contributed by atoms with Crippen molar-refractivity contribution in [3.8, 4) is 11.8 Å². The van der Waals surface area contributed by atoms with E-state index in [0.717, 1.165) is 40.6 Å². The fraction of sp³-hybridized carbons (Fsp3) is 0.350. The van der Waals surface area contributed by atoms with Crippen LogP contribution in [0.2, 0.25) is 0 Å². The fourth-order valence-electron chi connectivity index (χ4n) is 3.77. The van der Waals surface area contributed by atoms with Crippen LogP contribution in [0.3, 0.4) is 0 Å². The first-order chi connectivity index (χ1) is 14.7. The molecule has 4 rings (SSSR count). The third kappa shape index (κ3) is 3.88. The first-order valence-electron chi connectivity index (χ1n) is 9.55. The third-order valence-corrected chi connectivity index (χ3v) is 5.34. The first-order valence-corrected chi connectivity index (χ1v) is 9.55. The van der Waals surface area contributed by atoms with Crippen LogP contribution in [0, 0.1) is 11.3 Å². The average molecular weight is 430 g/mol. The number of benzene rings is 1. The van der Waals surface area contributed by atoms with E-state index in [0.29, 0.717) is 12.8 Å². The molecule has 11 heteroatoms. The van der Waals surface area contributed by atoms with Crippen LogP contribution in [0.1, 0.15) is 31.2 Å². The number of nitriles is 1. The number of aromatic nitrogens is 4. The Morgan fingerprint density at radius 3 is 2.71 bits per heavy atom. The maximum atomic E-state index is 13.0. The monoisotopic (exact) mass is 430 g/mol. The van der Waals surface area contributed by atoms with Crippen molar-refractivity contribution in [2.24, 2.45) is 0 Å². The molecule has 1 N–H and O–H groups in total.